The van der Waals surface area contributed by atoms with E-state index in [0.717, 1.165) is 122 Å². The van der Waals surface area contributed by atoms with Gasteiger partial charge in [0.15, 0.2) is 0 Å². The Bertz CT molecular complexity index is 3060. The molecule has 0 radical (unpaired) electrons. The number of carboxylic acid groups (broad SMARTS) is 1. The highest BCUT2D eigenvalue weighted by atomic mass is 19.1. The number of ether oxygens (including phenoxy) is 2. The second kappa shape index (κ2) is 17.9. The van der Waals surface area contributed by atoms with Gasteiger partial charge in [-0.15, -0.1) is 0 Å². The number of carboxylic acids is 1. The summed E-state index contributed by atoms with van der Waals surface area (Å²) in [4.78, 5) is 24.1. The van der Waals surface area contributed by atoms with E-state index in [1.807, 2.05) is 36.7 Å². The highest BCUT2D eigenvalue weighted by Crippen LogP contribution is 2.49. The zero-order chi connectivity index (χ0) is 44.9. The molecule has 2 saturated carbocycles. The summed E-state index contributed by atoms with van der Waals surface area (Å²) in [5.74, 6) is 0.0784. The third kappa shape index (κ3) is 7.89. The van der Waals surface area contributed by atoms with E-state index in [1.54, 1.807) is 0 Å². The second-order valence-corrected chi connectivity index (χ2v) is 18.9. The van der Waals surface area contributed by atoms with Crippen LogP contribution in [0, 0.1) is 17.6 Å². The normalized spacial score (nSPS) is 21.2. The van der Waals surface area contributed by atoms with Crippen molar-refractivity contribution in [3.05, 3.63) is 119 Å². The van der Waals surface area contributed by atoms with Crippen molar-refractivity contribution in [1.29, 1.82) is 0 Å². The first-order valence-corrected chi connectivity index (χ1v) is 23.7. The predicted octanol–water partition coefficient (Wildman–Crippen LogP) is 11.7. The molecule has 11 nitrogen and oxygen atoms in total. The predicted molar refractivity (Wildman–Crippen MR) is 250 cm³/mol. The van der Waals surface area contributed by atoms with Gasteiger partial charge in [-0.1, -0.05) is 0 Å². The monoisotopic (exact) mass is 892 g/mol. The lowest BCUT2D eigenvalue weighted by Crippen LogP contribution is -2.23. The van der Waals surface area contributed by atoms with Crippen LogP contribution in [0.5, 0.6) is 0 Å². The van der Waals surface area contributed by atoms with Crippen molar-refractivity contribution >= 4 is 55.4 Å². The zero-order valence-corrected chi connectivity index (χ0v) is 36.9. The number of hydrogen-bond donors (Lipinski definition) is 3. The Balaban J connectivity index is 0.000000146. The Morgan fingerprint density at radius 1 is 0.606 bits per heavy atom. The number of halogens is 2. The maximum Gasteiger partial charge on any atom is 0.306 e. The van der Waals surface area contributed by atoms with Gasteiger partial charge in [0.25, 0.3) is 0 Å². The summed E-state index contributed by atoms with van der Waals surface area (Å²) in [6.45, 7) is 2.93. The molecule has 0 bridgehead atoms. The summed E-state index contributed by atoms with van der Waals surface area (Å²) in [6, 6.07) is 22.2. The third-order valence-electron chi connectivity index (χ3n) is 15.0. The lowest BCUT2D eigenvalue weighted by molar-refractivity contribution is -0.142. The molecule has 3 N–H and O–H groups in total. The summed E-state index contributed by atoms with van der Waals surface area (Å²) in [5.41, 5.74) is 11.2. The molecule has 0 amide bonds. The minimum atomic E-state index is -0.684. The summed E-state index contributed by atoms with van der Waals surface area (Å²) in [6.07, 6.45) is 13.8. The van der Waals surface area contributed by atoms with Gasteiger partial charge in [0.1, 0.15) is 17.4 Å². The van der Waals surface area contributed by atoms with Crippen molar-refractivity contribution in [1.82, 2.24) is 29.5 Å². The average Bonchev–Trinajstić information content (AvgIpc) is 4.15. The van der Waals surface area contributed by atoms with Crippen LogP contribution in [0.25, 0.3) is 55.0 Å². The first-order valence-electron chi connectivity index (χ1n) is 23.7. The van der Waals surface area contributed by atoms with Crippen LogP contribution in [0.15, 0.2) is 85.2 Å². The fourth-order valence-electron chi connectivity index (χ4n) is 11.8. The maximum absolute atomic E-state index is 13.8. The largest absolute Gasteiger partial charge is 0.481 e. The van der Waals surface area contributed by atoms with E-state index in [-0.39, 0.29) is 29.4 Å². The lowest BCUT2D eigenvalue weighted by Gasteiger charge is -2.30. The zero-order valence-electron chi connectivity index (χ0n) is 36.9. The van der Waals surface area contributed by atoms with E-state index in [1.165, 1.54) is 57.6 Å². The standard InChI is InChI=1S/C27H28FN3O3.C26H26FN3O2/c28-20-5-7-21(8-6-20)31-24-13-19-15-29-30-23(19)14-22(24)25(26(31)17-9-11-34-12-10-17)16-1-3-18(4-2-16)27(32)33;27-19-4-6-20(7-5-19)30-24-13-18-15-28-29-23(18)14-22(24)25(17-2-1-3-21(31)12-17)26(30)16-8-10-32-11-9-16/h5-8,13-18H,1-4,9-12H2,(H,29,30)(H,32,33);4-7,13-17H,1-3,8-12H2,(H,28,29). The Morgan fingerprint density at radius 2 is 1.08 bits per heavy atom. The van der Waals surface area contributed by atoms with Gasteiger partial charge in [-0.2, -0.15) is 10.2 Å². The fraction of sp³-hybridized carbons (Fsp3) is 0.396. The Labute approximate surface area is 380 Å². The number of nitrogens with one attached hydrogen (secondary N) is 2. The number of aromatic nitrogens is 6. The third-order valence-corrected chi connectivity index (χ3v) is 15.0. The fourth-order valence-corrected chi connectivity index (χ4v) is 11.8. The second-order valence-electron chi connectivity index (χ2n) is 18.9. The highest BCUT2D eigenvalue weighted by molar-refractivity contribution is 6.00. The highest BCUT2D eigenvalue weighted by Gasteiger charge is 2.36. The molecule has 0 spiro atoms. The Hall–Kier alpha value is -6.18. The van der Waals surface area contributed by atoms with Crippen molar-refractivity contribution in [2.45, 2.75) is 101 Å². The Kier molecular flexibility index (Phi) is 11.5. The van der Waals surface area contributed by atoms with Crippen LogP contribution < -0.4 is 0 Å². The van der Waals surface area contributed by atoms with Crippen molar-refractivity contribution in [3.63, 3.8) is 0 Å². The molecule has 2 aliphatic carbocycles. The first-order chi connectivity index (χ1) is 32.3. The number of carbonyl (C=O) groups excluding carboxylic acids is 1. The van der Waals surface area contributed by atoms with Gasteiger partial charge in [-0.3, -0.25) is 19.8 Å². The molecule has 1 unspecified atom stereocenters. The molecule has 66 heavy (non-hydrogen) atoms. The van der Waals surface area contributed by atoms with Gasteiger partial charge in [-0.05, 0) is 160 Å². The number of ketones is 1. The smallest absolute Gasteiger partial charge is 0.306 e. The summed E-state index contributed by atoms with van der Waals surface area (Å²) in [7, 11) is 0. The molecule has 4 aliphatic rings. The quantitative estimate of drug-likeness (QED) is 0.145. The number of aromatic amines is 2. The van der Waals surface area contributed by atoms with Crippen molar-refractivity contribution < 1.29 is 33.0 Å². The molecule has 8 aromatic rings. The Morgan fingerprint density at radius 3 is 1.53 bits per heavy atom. The van der Waals surface area contributed by atoms with Crippen molar-refractivity contribution in [2.24, 2.45) is 5.92 Å². The number of fused-ring (bicyclic) bond motifs is 4. The van der Waals surface area contributed by atoms with Crippen molar-refractivity contribution in [2.75, 3.05) is 26.4 Å². The number of benzene rings is 4. The molecule has 1 atom stereocenters. The average molecular weight is 893 g/mol. The number of aliphatic carboxylic acids is 1. The molecule has 12 rings (SSSR count). The molecule has 2 saturated heterocycles. The summed E-state index contributed by atoms with van der Waals surface area (Å²) < 4.78 is 43.7. The lowest BCUT2D eigenvalue weighted by atomic mass is 9.76. The first kappa shape index (κ1) is 42.5. The number of Topliss-reactive ketones (excluding diaryl/α,β-unsaturated/α-hetero) is 1. The van der Waals surface area contributed by atoms with Crippen LogP contribution in [-0.2, 0) is 19.1 Å². The van der Waals surface area contributed by atoms with Gasteiger partial charge in [0, 0.05) is 95.4 Å². The molecule has 13 heteroatoms. The van der Waals surface area contributed by atoms with Crippen LogP contribution in [0.3, 0.4) is 0 Å². The summed E-state index contributed by atoms with van der Waals surface area (Å²) >= 11 is 0. The van der Waals surface area contributed by atoms with E-state index in [2.05, 4.69) is 53.8 Å². The number of nitrogens with zero attached hydrogens (tertiary/aromatic N) is 4. The molecular formula is C53H54F2N6O5. The SMILES string of the molecule is O=C(O)C1CCC(c2c(C3CCOCC3)n(-c3ccc(F)cc3)c3cc4cn[nH]c4cc23)CC1.O=C1CCCC(c2c(C3CCOCC3)n(-c3ccc(F)cc3)c3cc4cn[nH]c4cc23)C1. The molecule has 2 aliphatic heterocycles. The molecule has 4 aromatic carbocycles. The van der Waals surface area contributed by atoms with E-state index in [9.17, 15) is 23.5 Å². The van der Waals surface area contributed by atoms with Crippen LogP contribution in [0.4, 0.5) is 8.78 Å². The molecule has 340 valence electrons. The van der Waals surface area contributed by atoms with Crippen LogP contribution in [0.2, 0.25) is 0 Å². The van der Waals surface area contributed by atoms with Crippen LogP contribution in [0.1, 0.15) is 123 Å². The molecule has 4 aromatic heterocycles. The number of H-pyrrole nitrogens is 2. The summed E-state index contributed by atoms with van der Waals surface area (Å²) in [5, 5.41) is 28.7. The minimum absolute atomic E-state index is 0.207. The number of rotatable bonds is 7. The van der Waals surface area contributed by atoms with Crippen LogP contribution >= 0.6 is 0 Å². The van der Waals surface area contributed by atoms with Gasteiger partial charge < -0.3 is 23.7 Å². The number of carbonyl (C=O) groups is 2. The van der Waals surface area contributed by atoms with Crippen molar-refractivity contribution in [3.8, 4) is 11.4 Å². The van der Waals surface area contributed by atoms with Gasteiger partial charge >= 0.3 is 5.97 Å². The topological polar surface area (TPSA) is 140 Å². The van der Waals surface area contributed by atoms with Gasteiger partial charge in [-0.25, -0.2) is 8.78 Å². The maximum atomic E-state index is 13.8. The van der Waals surface area contributed by atoms with Crippen LogP contribution in [-0.4, -0.2) is 72.8 Å². The van der Waals surface area contributed by atoms with Gasteiger partial charge in [0.05, 0.1) is 40.4 Å². The molecule has 6 heterocycles. The van der Waals surface area contributed by atoms with E-state index >= 15 is 0 Å². The van der Waals surface area contributed by atoms with E-state index in [4.69, 9.17) is 9.47 Å². The van der Waals surface area contributed by atoms with Gasteiger partial charge in [0.2, 0.25) is 0 Å². The number of hydrogen-bond acceptors (Lipinski definition) is 6. The molecular weight excluding hydrogens is 839 g/mol. The molecule has 4 fully saturated rings. The van der Waals surface area contributed by atoms with E-state index in [0.29, 0.717) is 43.3 Å². The minimum Gasteiger partial charge on any atom is -0.481 e. The van der Waals surface area contributed by atoms with E-state index < -0.39 is 5.97 Å².